The van der Waals surface area contributed by atoms with Gasteiger partial charge in [0.2, 0.25) is 0 Å². The normalized spacial score (nSPS) is 12.6. The SMILES string of the molecule is N#Cc1c(-c2nc(-c3ccccc3)c3ccc(-c4ccccc4)cc3n2)cc(I2c3ccccc3-c3cc4ccccc4cc32)c2ccccc12. The van der Waals surface area contributed by atoms with Gasteiger partial charge in [-0.2, -0.15) is 0 Å². The molecule has 1 aromatic heterocycles. The number of halogens is 1. The molecule has 0 fully saturated rings. The van der Waals surface area contributed by atoms with Crippen LogP contribution in [0.5, 0.6) is 0 Å². The molecule has 0 saturated carbocycles. The van der Waals surface area contributed by atoms with Gasteiger partial charge in [0.25, 0.3) is 0 Å². The van der Waals surface area contributed by atoms with E-state index >= 15 is 0 Å². The number of benzene rings is 8. The third kappa shape index (κ3) is 4.85. The van der Waals surface area contributed by atoms with Crippen molar-refractivity contribution >= 4 is 52.3 Å². The first kappa shape index (κ1) is 29.7. The molecule has 51 heavy (non-hydrogen) atoms. The van der Waals surface area contributed by atoms with E-state index in [2.05, 4.69) is 146 Å². The quantitative estimate of drug-likeness (QED) is 0.168. The predicted molar refractivity (Wildman–Crippen MR) is 218 cm³/mol. The summed E-state index contributed by atoms with van der Waals surface area (Å²) >= 11 is -2.26. The third-order valence-electron chi connectivity index (χ3n) is 9.81. The van der Waals surface area contributed by atoms with E-state index in [-0.39, 0.29) is 0 Å². The maximum absolute atomic E-state index is 10.9. The van der Waals surface area contributed by atoms with Crippen LogP contribution in [0.2, 0.25) is 0 Å². The summed E-state index contributed by atoms with van der Waals surface area (Å²) in [6.07, 6.45) is 0. The fraction of sp³-hybridized carbons (Fsp3) is 0. The molecule has 3 nitrogen and oxygen atoms in total. The van der Waals surface area contributed by atoms with Crippen molar-refractivity contribution in [2.45, 2.75) is 0 Å². The predicted octanol–water partition coefficient (Wildman–Crippen LogP) is 12.2. The molecule has 9 aromatic rings. The van der Waals surface area contributed by atoms with Gasteiger partial charge in [0.05, 0.1) is 0 Å². The van der Waals surface area contributed by atoms with Crippen molar-refractivity contribution in [2.75, 3.05) is 0 Å². The molecule has 0 saturated heterocycles. The van der Waals surface area contributed by atoms with Gasteiger partial charge < -0.3 is 0 Å². The Bertz CT molecular complexity index is 2880. The summed E-state index contributed by atoms with van der Waals surface area (Å²) in [6.45, 7) is 0. The summed E-state index contributed by atoms with van der Waals surface area (Å²) in [5, 5.41) is 16.4. The number of nitrogens with zero attached hydrogens (tertiary/aromatic N) is 3. The van der Waals surface area contributed by atoms with Crippen LogP contribution in [-0.2, 0) is 0 Å². The topological polar surface area (TPSA) is 49.6 Å². The molecule has 1 aliphatic rings. The van der Waals surface area contributed by atoms with E-state index < -0.39 is 19.8 Å². The molecule has 0 unspecified atom stereocenters. The van der Waals surface area contributed by atoms with Crippen LogP contribution in [0.25, 0.3) is 77.3 Å². The number of rotatable bonds is 4. The Morgan fingerprint density at radius 1 is 0.431 bits per heavy atom. The second-order valence-corrected chi connectivity index (χ2v) is 17.8. The molecular formula is C47H28IN3. The first-order valence-corrected chi connectivity index (χ1v) is 20.2. The van der Waals surface area contributed by atoms with E-state index in [4.69, 9.17) is 9.97 Å². The molecule has 0 bridgehead atoms. The summed E-state index contributed by atoms with van der Waals surface area (Å²) in [4.78, 5) is 10.6. The maximum atomic E-state index is 10.9. The van der Waals surface area contributed by atoms with E-state index in [1.165, 1.54) is 32.6 Å². The second kappa shape index (κ2) is 12.0. The van der Waals surface area contributed by atoms with Gasteiger partial charge in [-0.05, 0) is 0 Å². The summed E-state index contributed by atoms with van der Waals surface area (Å²) < 4.78 is 4.15. The van der Waals surface area contributed by atoms with Crippen molar-refractivity contribution in [1.82, 2.24) is 9.97 Å². The Morgan fingerprint density at radius 2 is 1.10 bits per heavy atom. The van der Waals surface area contributed by atoms with E-state index in [9.17, 15) is 5.26 Å². The third-order valence-corrected chi connectivity index (χ3v) is 16.0. The van der Waals surface area contributed by atoms with Gasteiger partial charge in [0, 0.05) is 0 Å². The number of hydrogen-bond acceptors (Lipinski definition) is 3. The van der Waals surface area contributed by atoms with Gasteiger partial charge in [0.15, 0.2) is 0 Å². The van der Waals surface area contributed by atoms with Crippen LogP contribution < -0.4 is 0 Å². The molecule has 0 spiro atoms. The molecule has 0 aliphatic carbocycles. The fourth-order valence-electron chi connectivity index (χ4n) is 7.41. The Hall–Kier alpha value is -6.16. The second-order valence-electron chi connectivity index (χ2n) is 12.7. The summed E-state index contributed by atoms with van der Waals surface area (Å²) in [5.41, 5.74) is 8.96. The standard InChI is InChI=1S/C47H28IN3/c49-29-41-35-19-9-10-20-36(35)44(48-42-22-12-11-21-37(42)39-25-32-17-7-8-18-33(32)26-43(39)48)28-40(41)47-50-45-27-34(30-13-3-1-4-14-30)23-24-38(45)46(51-47)31-15-5-2-6-16-31/h1-28H. The van der Waals surface area contributed by atoms with Crippen molar-refractivity contribution in [1.29, 1.82) is 5.26 Å². The average Bonchev–Trinajstić information content (AvgIpc) is 3.52. The first-order valence-electron chi connectivity index (χ1n) is 17.0. The van der Waals surface area contributed by atoms with Crippen LogP contribution in [0.3, 0.4) is 0 Å². The first-order chi connectivity index (χ1) is 25.2. The minimum absolute atomic E-state index is 0.567. The minimum atomic E-state index is -2.26. The molecule has 8 aromatic carbocycles. The summed E-state index contributed by atoms with van der Waals surface area (Å²) in [5.74, 6) is 0.567. The molecule has 0 atom stereocenters. The Morgan fingerprint density at radius 3 is 1.88 bits per heavy atom. The Balaban J connectivity index is 1.27. The van der Waals surface area contributed by atoms with Crippen LogP contribution >= 0.6 is 19.8 Å². The zero-order valence-corrected chi connectivity index (χ0v) is 29.5. The van der Waals surface area contributed by atoms with E-state index in [0.717, 1.165) is 49.6 Å². The van der Waals surface area contributed by atoms with Crippen LogP contribution in [-0.4, -0.2) is 9.97 Å². The molecule has 4 heteroatoms. The van der Waals surface area contributed by atoms with Gasteiger partial charge >= 0.3 is 305 Å². The summed E-state index contributed by atoms with van der Waals surface area (Å²) in [6, 6.07) is 62.8. The van der Waals surface area contributed by atoms with E-state index in [1.807, 2.05) is 30.3 Å². The molecule has 2 heterocycles. The molecule has 238 valence electrons. The number of hydrogen-bond donors (Lipinski definition) is 0. The summed E-state index contributed by atoms with van der Waals surface area (Å²) in [7, 11) is 0. The fourth-order valence-corrected chi connectivity index (χ4v) is 14.3. The monoisotopic (exact) mass is 761 g/mol. The van der Waals surface area contributed by atoms with Crippen LogP contribution in [0.4, 0.5) is 0 Å². The number of aromatic nitrogens is 2. The van der Waals surface area contributed by atoms with Crippen molar-refractivity contribution in [3.05, 3.63) is 186 Å². The zero-order valence-electron chi connectivity index (χ0n) is 27.4. The van der Waals surface area contributed by atoms with Gasteiger partial charge in [0.1, 0.15) is 0 Å². The van der Waals surface area contributed by atoms with Crippen LogP contribution in [0, 0.1) is 22.0 Å². The van der Waals surface area contributed by atoms with Gasteiger partial charge in [-0.15, -0.1) is 0 Å². The van der Waals surface area contributed by atoms with Gasteiger partial charge in [-0.25, -0.2) is 0 Å². The molecule has 10 rings (SSSR count). The van der Waals surface area contributed by atoms with Crippen molar-refractivity contribution in [3.8, 4) is 51.0 Å². The molecule has 0 N–H and O–H groups in total. The van der Waals surface area contributed by atoms with E-state index in [1.54, 1.807) is 0 Å². The van der Waals surface area contributed by atoms with Crippen molar-refractivity contribution < 1.29 is 0 Å². The Kier molecular flexibility index (Phi) is 7.00. The van der Waals surface area contributed by atoms with Gasteiger partial charge in [-0.1, -0.05) is 0 Å². The molecule has 0 radical (unpaired) electrons. The number of fused-ring (bicyclic) bond motifs is 6. The van der Waals surface area contributed by atoms with Crippen LogP contribution in [0.1, 0.15) is 5.56 Å². The molecule has 0 amide bonds. The number of nitriles is 1. The van der Waals surface area contributed by atoms with Gasteiger partial charge in [-0.3, -0.25) is 0 Å². The zero-order chi connectivity index (χ0) is 33.9. The molecular weight excluding hydrogens is 733 g/mol. The Labute approximate surface area is 302 Å². The van der Waals surface area contributed by atoms with E-state index in [0.29, 0.717) is 11.4 Å². The molecule has 1 aliphatic heterocycles. The van der Waals surface area contributed by atoms with Crippen molar-refractivity contribution in [2.24, 2.45) is 0 Å². The van der Waals surface area contributed by atoms with Crippen molar-refractivity contribution in [3.63, 3.8) is 0 Å². The van der Waals surface area contributed by atoms with Crippen LogP contribution in [0.15, 0.2) is 170 Å². The average molecular weight is 762 g/mol.